The molecule has 0 saturated carbocycles. The molecule has 1 aliphatic heterocycles. The van der Waals surface area contributed by atoms with Crippen molar-refractivity contribution in [2.75, 3.05) is 19.7 Å². The Morgan fingerprint density at radius 2 is 1.79 bits per heavy atom. The summed E-state index contributed by atoms with van der Waals surface area (Å²) in [6, 6.07) is 26.0. The number of halogens is 1. The Kier molecular flexibility index (Phi) is 6.55. The van der Waals surface area contributed by atoms with E-state index in [4.69, 9.17) is 16.3 Å². The van der Waals surface area contributed by atoms with E-state index in [1.165, 1.54) is 11.1 Å². The molecule has 170 valence electrons. The second-order valence-corrected chi connectivity index (χ2v) is 8.88. The first-order valence-corrected chi connectivity index (χ1v) is 11.8. The fraction of sp³-hybridized carbons (Fsp3) is 0.133. The molecule has 0 fully saturated rings. The monoisotopic (exact) mass is 467 g/mol. The van der Waals surface area contributed by atoms with E-state index in [2.05, 4.69) is 53.6 Å². The number of rotatable bonds is 7. The zero-order chi connectivity index (χ0) is 23.3. The number of phenols is 1. The van der Waals surface area contributed by atoms with E-state index in [1.807, 2.05) is 48.5 Å². The second-order valence-electron chi connectivity index (χ2n) is 8.44. The Morgan fingerprint density at radius 3 is 2.59 bits per heavy atom. The second kappa shape index (κ2) is 10.1. The number of allylic oxidation sites excluding steroid dienone is 2. The number of hydrogen-bond donors (Lipinski definition) is 1. The third-order valence-electron chi connectivity index (χ3n) is 6.09. The number of phenolic OH excluding ortho intramolecular Hbond substituents is 1. The van der Waals surface area contributed by atoms with Crippen LogP contribution in [0.5, 0.6) is 11.5 Å². The molecule has 0 spiro atoms. The highest BCUT2D eigenvalue weighted by atomic mass is 35.5. The van der Waals surface area contributed by atoms with Gasteiger partial charge in [0, 0.05) is 11.6 Å². The molecule has 3 nitrogen and oxygen atoms in total. The standard InChI is InChI=1S/C30H26ClNO2/c31-25-6-4-5-23(20-25)28-13-9-24-21-26(33)10-14-29(24)30(28)19-22-7-11-27(12-8-22)34-18-17-32-15-2-1-3-16-32/h1-15,20-21,33H,16-19H2. The van der Waals surface area contributed by atoms with Crippen molar-refractivity contribution in [3.8, 4) is 22.6 Å². The largest absolute Gasteiger partial charge is 0.508 e. The van der Waals surface area contributed by atoms with Gasteiger partial charge in [-0.3, -0.25) is 0 Å². The van der Waals surface area contributed by atoms with Gasteiger partial charge < -0.3 is 14.7 Å². The lowest BCUT2D eigenvalue weighted by Gasteiger charge is -2.20. The van der Waals surface area contributed by atoms with Gasteiger partial charge in [0.15, 0.2) is 0 Å². The number of nitrogens with zero attached hydrogens (tertiary/aromatic N) is 1. The Balaban J connectivity index is 1.38. The van der Waals surface area contributed by atoms with Crippen LogP contribution in [0.25, 0.3) is 21.9 Å². The molecule has 1 N–H and O–H groups in total. The maximum Gasteiger partial charge on any atom is 0.119 e. The summed E-state index contributed by atoms with van der Waals surface area (Å²) in [6.07, 6.45) is 9.10. The van der Waals surface area contributed by atoms with Crippen molar-refractivity contribution in [1.29, 1.82) is 0 Å². The van der Waals surface area contributed by atoms with Crippen LogP contribution in [-0.4, -0.2) is 29.7 Å². The molecular formula is C30H26ClNO2. The van der Waals surface area contributed by atoms with Gasteiger partial charge in [0.1, 0.15) is 18.1 Å². The van der Waals surface area contributed by atoms with Crippen molar-refractivity contribution < 1.29 is 9.84 Å². The SMILES string of the molecule is Oc1ccc2c(Cc3ccc(OCCN4C=CC=CC4)cc3)c(-c3cccc(Cl)c3)ccc2c1. The van der Waals surface area contributed by atoms with Crippen molar-refractivity contribution in [2.45, 2.75) is 6.42 Å². The average Bonchev–Trinajstić information content (AvgIpc) is 2.86. The van der Waals surface area contributed by atoms with Crippen LogP contribution in [0.2, 0.25) is 5.02 Å². The minimum Gasteiger partial charge on any atom is -0.508 e. The molecular weight excluding hydrogens is 442 g/mol. The van der Waals surface area contributed by atoms with Crippen LogP contribution >= 0.6 is 11.6 Å². The molecule has 0 atom stereocenters. The molecule has 4 heteroatoms. The van der Waals surface area contributed by atoms with E-state index >= 15 is 0 Å². The Morgan fingerprint density at radius 1 is 0.912 bits per heavy atom. The van der Waals surface area contributed by atoms with E-state index in [9.17, 15) is 5.11 Å². The van der Waals surface area contributed by atoms with E-state index in [0.29, 0.717) is 11.6 Å². The molecule has 34 heavy (non-hydrogen) atoms. The molecule has 5 rings (SSSR count). The first kappa shape index (κ1) is 22.1. The summed E-state index contributed by atoms with van der Waals surface area (Å²) in [5, 5.41) is 12.8. The smallest absolute Gasteiger partial charge is 0.119 e. The number of benzene rings is 4. The summed E-state index contributed by atoms with van der Waals surface area (Å²) >= 11 is 6.30. The number of ether oxygens (including phenoxy) is 1. The molecule has 0 radical (unpaired) electrons. The maximum atomic E-state index is 9.98. The Labute approximate surface area is 205 Å². The predicted molar refractivity (Wildman–Crippen MR) is 141 cm³/mol. The average molecular weight is 468 g/mol. The lowest BCUT2D eigenvalue weighted by Crippen LogP contribution is -2.24. The lowest BCUT2D eigenvalue weighted by atomic mass is 9.90. The summed E-state index contributed by atoms with van der Waals surface area (Å²) in [5.41, 5.74) is 4.63. The Bertz CT molecular complexity index is 1360. The molecule has 1 heterocycles. The molecule has 0 bridgehead atoms. The van der Waals surface area contributed by atoms with Crippen molar-refractivity contribution in [3.05, 3.63) is 119 Å². The summed E-state index contributed by atoms with van der Waals surface area (Å²) < 4.78 is 5.96. The summed E-state index contributed by atoms with van der Waals surface area (Å²) in [5.74, 6) is 1.14. The van der Waals surface area contributed by atoms with Gasteiger partial charge in [-0.05, 0) is 88.1 Å². The fourth-order valence-corrected chi connectivity index (χ4v) is 4.55. The molecule has 0 aliphatic carbocycles. The van der Waals surface area contributed by atoms with Gasteiger partial charge in [-0.1, -0.05) is 66.2 Å². The van der Waals surface area contributed by atoms with E-state index in [0.717, 1.165) is 47.2 Å². The van der Waals surface area contributed by atoms with Crippen molar-refractivity contribution >= 4 is 22.4 Å². The molecule has 0 saturated heterocycles. The van der Waals surface area contributed by atoms with E-state index in [1.54, 1.807) is 6.07 Å². The number of hydrogen-bond acceptors (Lipinski definition) is 3. The van der Waals surface area contributed by atoms with Crippen LogP contribution in [-0.2, 0) is 6.42 Å². The highest BCUT2D eigenvalue weighted by molar-refractivity contribution is 6.30. The highest BCUT2D eigenvalue weighted by Crippen LogP contribution is 2.34. The van der Waals surface area contributed by atoms with Crippen LogP contribution < -0.4 is 4.74 Å². The van der Waals surface area contributed by atoms with Crippen LogP contribution in [0, 0.1) is 0 Å². The summed E-state index contributed by atoms with van der Waals surface area (Å²) in [4.78, 5) is 2.23. The highest BCUT2D eigenvalue weighted by Gasteiger charge is 2.12. The zero-order valence-corrected chi connectivity index (χ0v) is 19.6. The maximum absolute atomic E-state index is 9.98. The third kappa shape index (κ3) is 5.11. The van der Waals surface area contributed by atoms with Gasteiger partial charge >= 0.3 is 0 Å². The molecule has 0 unspecified atom stereocenters. The van der Waals surface area contributed by atoms with Crippen molar-refractivity contribution in [3.63, 3.8) is 0 Å². The van der Waals surface area contributed by atoms with Gasteiger partial charge in [-0.15, -0.1) is 0 Å². The van der Waals surface area contributed by atoms with E-state index in [-0.39, 0.29) is 5.75 Å². The van der Waals surface area contributed by atoms with Gasteiger partial charge in [0.2, 0.25) is 0 Å². The predicted octanol–water partition coefficient (Wildman–Crippen LogP) is 7.22. The number of aromatic hydroxyl groups is 1. The third-order valence-corrected chi connectivity index (χ3v) is 6.32. The van der Waals surface area contributed by atoms with Crippen LogP contribution in [0.15, 0.2) is 103 Å². The molecule has 1 aliphatic rings. The quantitative estimate of drug-likeness (QED) is 0.311. The topological polar surface area (TPSA) is 32.7 Å². The molecule has 0 aromatic heterocycles. The minimum absolute atomic E-state index is 0.270. The molecule has 4 aromatic carbocycles. The minimum atomic E-state index is 0.270. The van der Waals surface area contributed by atoms with Gasteiger partial charge in [-0.25, -0.2) is 0 Å². The fourth-order valence-electron chi connectivity index (χ4n) is 4.36. The summed E-state index contributed by atoms with van der Waals surface area (Å²) in [6.45, 7) is 2.42. The normalized spacial score (nSPS) is 12.9. The summed E-state index contributed by atoms with van der Waals surface area (Å²) in [7, 11) is 0. The van der Waals surface area contributed by atoms with Crippen molar-refractivity contribution in [1.82, 2.24) is 4.90 Å². The van der Waals surface area contributed by atoms with Crippen LogP contribution in [0.3, 0.4) is 0 Å². The zero-order valence-electron chi connectivity index (χ0n) is 18.8. The van der Waals surface area contributed by atoms with E-state index < -0.39 is 0 Å². The lowest BCUT2D eigenvalue weighted by molar-refractivity contribution is 0.263. The number of fused-ring (bicyclic) bond motifs is 1. The van der Waals surface area contributed by atoms with Crippen LogP contribution in [0.1, 0.15) is 11.1 Å². The van der Waals surface area contributed by atoms with Gasteiger partial charge in [0.05, 0.1) is 6.54 Å². The van der Waals surface area contributed by atoms with Crippen molar-refractivity contribution in [2.24, 2.45) is 0 Å². The molecule has 4 aromatic rings. The van der Waals surface area contributed by atoms with Crippen LogP contribution in [0.4, 0.5) is 0 Å². The first-order valence-electron chi connectivity index (χ1n) is 11.5. The van der Waals surface area contributed by atoms with Gasteiger partial charge in [0.25, 0.3) is 0 Å². The van der Waals surface area contributed by atoms with Gasteiger partial charge in [-0.2, -0.15) is 0 Å². The Hall–Kier alpha value is -3.69. The molecule has 0 amide bonds. The first-order chi connectivity index (χ1) is 16.7.